The van der Waals surface area contributed by atoms with Crippen LogP contribution in [0.3, 0.4) is 0 Å². The van der Waals surface area contributed by atoms with Gasteiger partial charge in [0, 0.05) is 50.5 Å². The molecular weight excluding hydrogens is 418 g/mol. The van der Waals surface area contributed by atoms with Crippen LogP contribution in [0.2, 0.25) is 0 Å². The number of carbonyl (C=O) groups excluding carboxylic acids is 1. The van der Waals surface area contributed by atoms with Gasteiger partial charge in [-0.3, -0.25) is 4.79 Å². The van der Waals surface area contributed by atoms with Gasteiger partial charge >= 0.3 is 0 Å². The molecule has 4 heterocycles. The predicted octanol–water partition coefficient (Wildman–Crippen LogP) is 3.21. The molecule has 1 saturated heterocycles. The predicted molar refractivity (Wildman–Crippen MR) is 121 cm³/mol. The number of rotatable bonds is 7. The van der Waals surface area contributed by atoms with Crippen LogP contribution in [0.25, 0.3) is 9.88 Å². The first-order chi connectivity index (χ1) is 14.6. The van der Waals surface area contributed by atoms with E-state index in [2.05, 4.69) is 36.4 Å². The summed E-state index contributed by atoms with van der Waals surface area (Å²) in [6, 6.07) is 6.03. The molecule has 0 aliphatic carbocycles. The van der Waals surface area contributed by atoms with Gasteiger partial charge in [-0.25, -0.2) is 9.97 Å². The molecule has 10 heteroatoms. The minimum absolute atomic E-state index is 0.203. The molecule has 0 unspecified atom stereocenters. The van der Waals surface area contributed by atoms with E-state index in [1.165, 1.54) is 0 Å². The molecule has 0 bridgehead atoms. The number of nitrogens with zero attached hydrogens (tertiary/aromatic N) is 6. The van der Waals surface area contributed by atoms with Gasteiger partial charge in [-0.05, 0) is 37.8 Å². The highest BCUT2D eigenvalue weighted by molar-refractivity contribution is 7.22. The molecule has 1 aliphatic heterocycles. The smallest absolute Gasteiger partial charge is 0.223 e. The third-order valence-electron chi connectivity index (χ3n) is 4.88. The fourth-order valence-electron chi connectivity index (χ4n) is 3.39. The van der Waals surface area contributed by atoms with Crippen molar-refractivity contribution in [2.45, 2.75) is 26.7 Å². The summed E-state index contributed by atoms with van der Waals surface area (Å²) >= 11 is 3.29. The standard InChI is InChI=1S/C20H25N7OS2/c1-14-13-15(2)23-19(22-14)21-7-3-6-17(28)26-8-10-27(11-9-26)20-25-24-18(30-20)16-5-4-12-29-16/h4-5,12-13H,3,6-11H2,1-2H3,(H,21,22,23). The fourth-order valence-corrected chi connectivity index (χ4v) is 5.08. The van der Waals surface area contributed by atoms with Gasteiger partial charge < -0.3 is 15.1 Å². The summed E-state index contributed by atoms with van der Waals surface area (Å²) in [5.41, 5.74) is 1.88. The maximum atomic E-state index is 12.5. The van der Waals surface area contributed by atoms with E-state index in [1.54, 1.807) is 22.7 Å². The van der Waals surface area contributed by atoms with Crippen molar-refractivity contribution in [3.05, 3.63) is 35.0 Å². The van der Waals surface area contributed by atoms with Crippen molar-refractivity contribution in [2.24, 2.45) is 0 Å². The number of piperazine rings is 1. The van der Waals surface area contributed by atoms with Crippen molar-refractivity contribution in [3.8, 4) is 9.88 Å². The van der Waals surface area contributed by atoms with E-state index in [4.69, 9.17) is 0 Å². The zero-order valence-electron chi connectivity index (χ0n) is 17.2. The summed E-state index contributed by atoms with van der Waals surface area (Å²) in [4.78, 5) is 26.6. The van der Waals surface area contributed by atoms with Gasteiger partial charge in [-0.1, -0.05) is 17.4 Å². The molecule has 1 amide bonds. The van der Waals surface area contributed by atoms with E-state index in [1.807, 2.05) is 36.3 Å². The maximum Gasteiger partial charge on any atom is 0.223 e. The van der Waals surface area contributed by atoms with Gasteiger partial charge in [0.25, 0.3) is 0 Å². The molecule has 0 spiro atoms. The molecule has 0 radical (unpaired) electrons. The van der Waals surface area contributed by atoms with Crippen molar-refractivity contribution in [3.63, 3.8) is 0 Å². The van der Waals surface area contributed by atoms with Crippen LogP contribution >= 0.6 is 22.7 Å². The van der Waals surface area contributed by atoms with Crippen LogP contribution in [0, 0.1) is 13.8 Å². The van der Waals surface area contributed by atoms with Gasteiger partial charge in [-0.15, -0.1) is 21.5 Å². The van der Waals surface area contributed by atoms with Crippen molar-refractivity contribution in [2.75, 3.05) is 42.9 Å². The summed E-state index contributed by atoms with van der Waals surface area (Å²) in [5, 5.41) is 15.8. The lowest BCUT2D eigenvalue weighted by molar-refractivity contribution is -0.131. The molecule has 3 aromatic heterocycles. The largest absolute Gasteiger partial charge is 0.354 e. The highest BCUT2D eigenvalue weighted by Crippen LogP contribution is 2.31. The van der Waals surface area contributed by atoms with Gasteiger partial charge in [0.05, 0.1) is 4.88 Å². The lowest BCUT2D eigenvalue weighted by Crippen LogP contribution is -2.48. The van der Waals surface area contributed by atoms with Gasteiger partial charge in [0.1, 0.15) is 0 Å². The Hall–Kier alpha value is -2.59. The molecule has 1 fully saturated rings. The second-order valence-corrected chi connectivity index (χ2v) is 9.14. The summed E-state index contributed by atoms with van der Waals surface area (Å²) in [6.45, 7) is 7.62. The highest BCUT2D eigenvalue weighted by atomic mass is 32.1. The summed E-state index contributed by atoms with van der Waals surface area (Å²) < 4.78 is 0. The Morgan fingerprint density at radius 3 is 2.60 bits per heavy atom. The number of nitrogens with one attached hydrogen (secondary N) is 1. The quantitative estimate of drug-likeness (QED) is 0.561. The first-order valence-corrected chi connectivity index (χ1v) is 11.7. The second-order valence-electron chi connectivity index (χ2n) is 7.24. The van der Waals surface area contributed by atoms with Gasteiger partial charge in [-0.2, -0.15) is 0 Å². The molecule has 30 heavy (non-hydrogen) atoms. The van der Waals surface area contributed by atoms with E-state index in [0.717, 1.165) is 59.0 Å². The van der Waals surface area contributed by atoms with Crippen LogP contribution in [0.15, 0.2) is 23.6 Å². The number of hydrogen-bond acceptors (Lipinski definition) is 9. The number of hydrogen-bond donors (Lipinski definition) is 1. The Morgan fingerprint density at radius 2 is 1.90 bits per heavy atom. The van der Waals surface area contributed by atoms with Gasteiger partial charge in [0.15, 0.2) is 5.01 Å². The SMILES string of the molecule is Cc1cc(C)nc(NCCCC(=O)N2CCN(c3nnc(-c4cccs4)s3)CC2)n1. The molecule has 4 rings (SSSR count). The van der Waals surface area contributed by atoms with E-state index < -0.39 is 0 Å². The van der Waals surface area contributed by atoms with Crippen LogP contribution < -0.4 is 10.2 Å². The number of carbonyl (C=O) groups is 1. The van der Waals surface area contributed by atoms with Crippen LogP contribution in [0.4, 0.5) is 11.1 Å². The molecule has 1 aliphatic rings. The number of thiophene rings is 1. The Labute approximate surface area is 184 Å². The van der Waals surface area contributed by atoms with Crippen LogP contribution in [-0.4, -0.2) is 63.7 Å². The van der Waals surface area contributed by atoms with Crippen molar-refractivity contribution in [1.29, 1.82) is 0 Å². The molecule has 8 nitrogen and oxygen atoms in total. The van der Waals surface area contributed by atoms with E-state index in [-0.39, 0.29) is 5.91 Å². The third-order valence-corrected chi connectivity index (χ3v) is 6.91. The minimum Gasteiger partial charge on any atom is -0.354 e. The van der Waals surface area contributed by atoms with E-state index in [0.29, 0.717) is 18.9 Å². The molecule has 0 saturated carbocycles. The molecule has 0 atom stereocenters. The van der Waals surface area contributed by atoms with Gasteiger partial charge in [0.2, 0.25) is 17.0 Å². The summed E-state index contributed by atoms with van der Waals surface area (Å²) in [5.74, 6) is 0.835. The topological polar surface area (TPSA) is 87.1 Å². The Morgan fingerprint density at radius 1 is 1.13 bits per heavy atom. The third kappa shape index (κ3) is 5.11. The number of aromatic nitrogens is 4. The summed E-state index contributed by atoms with van der Waals surface area (Å²) in [7, 11) is 0. The van der Waals surface area contributed by atoms with Crippen molar-refractivity contribution >= 4 is 39.7 Å². The van der Waals surface area contributed by atoms with Crippen LogP contribution in [0.1, 0.15) is 24.2 Å². The zero-order valence-corrected chi connectivity index (χ0v) is 18.8. The molecule has 158 valence electrons. The fraction of sp³-hybridized carbons (Fsp3) is 0.450. The Bertz CT molecular complexity index is 961. The normalized spacial score (nSPS) is 14.2. The van der Waals surface area contributed by atoms with Crippen LogP contribution in [0.5, 0.6) is 0 Å². The number of anilines is 2. The Balaban J connectivity index is 1.20. The molecular formula is C20H25N7OS2. The first-order valence-electron chi connectivity index (χ1n) is 10.0. The minimum atomic E-state index is 0.203. The molecule has 0 aromatic carbocycles. The lowest BCUT2D eigenvalue weighted by atomic mass is 10.2. The van der Waals surface area contributed by atoms with E-state index >= 15 is 0 Å². The monoisotopic (exact) mass is 443 g/mol. The van der Waals surface area contributed by atoms with Crippen molar-refractivity contribution in [1.82, 2.24) is 25.1 Å². The van der Waals surface area contributed by atoms with Crippen LogP contribution in [-0.2, 0) is 4.79 Å². The highest BCUT2D eigenvalue weighted by Gasteiger charge is 2.23. The molecule has 1 N–H and O–H groups in total. The molecule has 3 aromatic rings. The number of amides is 1. The second kappa shape index (κ2) is 9.48. The first kappa shape index (κ1) is 20.7. The van der Waals surface area contributed by atoms with Crippen molar-refractivity contribution < 1.29 is 4.79 Å². The number of aryl methyl sites for hydroxylation is 2. The van der Waals surface area contributed by atoms with E-state index in [9.17, 15) is 4.79 Å². The lowest BCUT2D eigenvalue weighted by Gasteiger charge is -2.34. The maximum absolute atomic E-state index is 12.5. The summed E-state index contributed by atoms with van der Waals surface area (Å²) in [6.07, 6.45) is 1.29. The Kier molecular flexibility index (Phi) is 6.53. The average Bonchev–Trinajstić information content (AvgIpc) is 3.42. The average molecular weight is 444 g/mol. The zero-order chi connectivity index (χ0) is 20.9.